The molecular formula is C30H33N3O4. The summed E-state index contributed by atoms with van der Waals surface area (Å²) in [7, 11) is 0. The topological polar surface area (TPSA) is 83.8 Å². The number of rotatable bonds is 9. The number of para-hydroxylation sites is 1. The molecule has 7 heteroatoms. The van der Waals surface area contributed by atoms with Gasteiger partial charge in [0.25, 0.3) is 11.6 Å². The Bertz CT molecular complexity index is 1260. The second-order valence-electron chi connectivity index (χ2n) is 9.55. The molecule has 3 aromatic carbocycles. The molecule has 0 unspecified atom stereocenters. The highest BCUT2D eigenvalue weighted by atomic mass is 16.6. The Morgan fingerprint density at radius 2 is 1.70 bits per heavy atom. The van der Waals surface area contributed by atoms with Crippen molar-refractivity contribution in [2.75, 3.05) is 9.80 Å². The molecule has 0 aromatic heterocycles. The number of carbonyl (C=O) groups is 2. The summed E-state index contributed by atoms with van der Waals surface area (Å²) in [5.74, 6) is -0.154. The van der Waals surface area contributed by atoms with Gasteiger partial charge in [-0.3, -0.25) is 19.7 Å². The number of anilines is 2. The molecule has 37 heavy (non-hydrogen) atoms. The van der Waals surface area contributed by atoms with Gasteiger partial charge in [0.05, 0.1) is 16.7 Å². The Morgan fingerprint density at radius 1 is 0.973 bits per heavy atom. The average Bonchev–Trinajstić information content (AvgIpc) is 2.91. The van der Waals surface area contributed by atoms with E-state index in [0.29, 0.717) is 24.1 Å². The predicted molar refractivity (Wildman–Crippen MR) is 146 cm³/mol. The molecule has 1 aliphatic rings. The van der Waals surface area contributed by atoms with E-state index in [-0.39, 0.29) is 23.5 Å². The first kappa shape index (κ1) is 26.1. The van der Waals surface area contributed by atoms with E-state index in [0.717, 1.165) is 36.9 Å². The van der Waals surface area contributed by atoms with Crippen LogP contribution in [0.4, 0.5) is 17.1 Å². The second kappa shape index (κ2) is 11.8. The minimum Gasteiger partial charge on any atom is -0.309 e. The molecule has 0 fully saturated rings. The molecule has 4 rings (SSSR count). The molecule has 3 aromatic rings. The largest absolute Gasteiger partial charge is 0.309 e. The summed E-state index contributed by atoms with van der Waals surface area (Å²) in [4.78, 5) is 41.9. The van der Waals surface area contributed by atoms with E-state index in [1.165, 1.54) is 12.1 Å². The first-order valence-corrected chi connectivity index (χ1v) is 13.0. The lowest BCUT2D eigenvalue weighted by Crippen LogP contribution is -2.47. The average molecular weight is 500 g/mol. The van der Waals surface area contributed by atoms with E-state index in [1.807, 2.05) is 42.2 Å². The van der Waals surface area contributed by atoms with Crippen molar-refractivity contribution in [1.82, 2.24) is 0 Å². The Hall–Kier alpha value is -4.00. The zero-order chi connectivity index (χ0) is 26.4. The van der Waals surface area contributed by atoms with Gasteiger partial charge < -0.3 is 9.80 Å². The van der Waals surface area contributed by atoms with Crippen molar-refractivity contribution >= 4 is 28.9 Å². The van der Waals surface area contributed by atoms with Crippen LogP contribution in [-0.2, 0) is 4.79 Å². The molecule has 192 valence electrons. The SMILES string of the molecule is CCCCCCC(=O)N1c2ccccc2[C@@H](N(C(=O)c2ccccc2)c2cccc([N+](=O)[O-])c2)C[C@@H]1C. The molecule has 0 N–H and O–H groups in total. The van der Waals surface area contributed by atoms with Gasteiger partial charge in [0.15, 0.2) is 0 Å². The van der Waals surface area contributed by atoms with E-state index in [9.17, 15) is 19.7 Å². The molecule has 2 atom stereocenters. The number of nitrogens with zero attached hydrogens (tertiary/aromatic N) is 3. The van der Waals surface area contributed by atoms with E-state index in [4.69, 9.17) is 0 Å². The number of amides is 2. The minimum absolute atomic E-state index is 0.0793. The fourth-order valence-corrected chi connectivity index (χ4v) is 5.14. The summed E-state index contributed by atoms with van der Waals surface area (Å²) in [5.41, 5.74) is 2.52. The van der Waals surface area contributed by atoms with Gasteiger partial charge in [-0.2, -0.15) is 0 Å². The zero-order valence-electron chi connectivity index (χ0n) is 21.4. The lowest BCUT2D eigenvalue weighted by Gasteiger charge is -2.43. The van der Waals surface area contributed by atoms with Crippen molar-refractivity contribution in [2.45, 2.75) is 64.5 Å². The van der Waals surface area contributed by atoms with E-state index in [2.05, 4.69) is 6.92 Å². The van der Waals surface area contributed by atoms with Crippen LogP contribution in [0, 0.1) is 10.1 Å². The smallest absolute Gasteiger partial charge is 0.271 e. The number of hydrogen-bond acceptors (Lipinski definition) is 4. The van der Waals surface area contributed by atoms with Gasteiger partial charge in [-0.15, -0.1) is 0 Å². The maximum absolute atomic E-state index is 13.9. The lowest BCUT2D eigenvalue weighted by molar-refractivity contribution is -0.384. The normalized spacial score (nSPS) is 16.6. The van der Waals surface area contributed by atoms with Crippen LogP contribution in [0.2, 0.25) is 0 Å². The number of carbonyl (C=O) groups excluding carboxylic acids is 2. The van der Waals surface area contributed by atoms with Crippen LogP contribution in [-0.4, -0.2) is 22.8 Å². The summed E-state index contributed by atoms with van der Waals surface area (Å²) in [5, 5.41) is 11.5. The molecule has 0 aliphatic carbocycles. The highest BCUT2D eigenvalue weighted by Gasteiger charge is 2.38. The van der Waals surface area contributed by atoms with Crippen LogP contribution < -0.4 is 9.80 Å². The van der Waals surface area contributed by atoms with Crippen LogP contribution >= 0.6 is 0 Å². The number of hydrogen-bond donors (Lipinski definition) is 0. The van der Waals surface area contributed by atoms with Gasteiger partial charge in [-0.05, 0) is 49.6 Å². The lowest BCUT2D eigenvalue weighted by atomic mass is 9.89. The minimum atomic E-state index is -0.453. The van der Waals surface area contributed by atoms with Crippen molar-refractivity contribution in [2.24, 2.45) is 0 Å². The van der Waals surface area contributed by atoms with Gasteiger partial charge in [0.2, 0.25) is 5.91 Å². The van der Waals surface area contributed by atoms with Gasteiger partial charge in [-0.25, -0.2) is 0 Å². The summed E-state index contributed by atoms with van der Waals surface area (Å²) in [6, 6.07) is 22.3. The Labute approximate surface area is 217 Å². The Balaban J connectivity index is 1.76. The van der Waals surface area contributed by atoms with Gasteiger partial charge in [0, 0.05) is 35.8 Å². The number of nitro groups is 1. The molecule has 0 spiro atoms. The highest BCUT2D eigenvalue weighted by Crippen LogP contribution is 2.43. The first-order valence-electron chi connectivity index (χ1n) is 13.0. The summed E-state index contributed by atoms with van der Waals surface area (Å²) >= 11 is 0. The van der Waals surface area contributed by atoms with Crippen molar-refractivity contribution < 1.29 is 14.5 Å². The maximum Gasteiger partial charge on any atom is 0.271 e. The molecule has 1 heterocycles. The van der Waals surface area contributed by atoms with E-state index < -0.39 is 11.0 Å². The zero-order valence-corrected chi connectivity index (χ0v) is 21.4. The third-order valence-corrected chi connectivity index (χ3v) is 6.94. The quantitative estimate of drug-likeness (QED) is 0.179. The van der Waals surface area contributed by atoms with Crippen LogP contribution in [0.5, 0.6) is 0 Å². The first-order chi connectivity index (χ1) is 17.9. The molecule has 0 saturated carbocycles. The summed E-state index contributed by atoms with van der Waals surface area (Å²) in [6.45, 7) is 4.15. The standard InChI is InChI=1S/C30H33N3O4/c1-3-4-5-9-19-29(34)31-22(2)20-28(26-17-10-11-18-27(26)31)32(30(35)23-13-7-6-8-14-23)24-15-12-16-25(21-24)33(36)37/h6-8,10-18,21-22,28H,3-5,9,19-20H2,1-2H3/t22-,28-/m0/s1. The monoisotopic (exact) mass is 499 g/mol. The van der Waals surface area contributed by atoms with Crippen molar-refractivity contribution in [3.63, 3.8) is 0 Å². The van der Waals surface area contributed by atoms with Gasteiger partial charge in [0.1, 0.15) is 0 Å². The van der Waals surface area contributed by atoms with Crippen molar-refractivity contribution in [3.8, 4) is 0 Å². The summed E-state index contributed by atoms with van der Waals surface area (Å²) in [6.07, 6.45) is 5.11. The van der Waals surface area contributed by atoms with Gasteiger partial charge >= 0.3 is 0 Å². The Morgan fingerprint density at radius 3 is 2.43 bits per heavy atom. The number of unbranched alkanes of at least 4 members (excludes halogenated alkanes) is 3. The van der Waals surface area contributed by atoms with Crippen LogP contribution in [0.1, 0.15) is 74.3 Å². The molecule has 0 saturated heterocycles. The Kier molecular flexibility index (Phi) is 8.33. The number of nitro benzene ring substituents is 1. The van der Waals surface area contributed by atoms with Crippen molar-refractivity contribution in [3.05, 3.63) is 100 Å². The maximum atomic E-state index is 13.9. The van der Waals surface area contributed by atoms with Gasteiger partial charge in [-0.1, -0.05) is 68.7 Å². The molecule has 0 radical (unpaired) electrons. The van der Waals surface area contributed by atoms with Crippen LogP contribution in [0.15, 0.2) is 78.9 Å². The molecule has 2 amide bonds. The third-order valence-electron chi connectivity index (χ3n) is 6.94. The van der Waals surface area contributed by atoms with E-state index in [1.54, 1.807) is 41.3 Å². The van der Waals surface area contributed by atoms with Crippen LogP contribution in [0.25, 0.3) is 0 Å². The summed E-state index contributed by atoms with van der Waals surface area (Å²) < 4.78 is 0. The van der Waals surface area contributed by atoms with Crippen LogP contribution in [0.3, 0.4) is 0 Å². The van der Waals surface area contributed by atoms with E-state index >= 15 is 0 Å². The van der Waals surface area contributed by atoms with Crippen molar-refractivity contribution in [1.29, 1.82) is 0 Å². The number of benzene rings is 3. The second-order valence-corrected chi connectivity index (χ2v) is 9.55. The predicted octanol–water partition coefficient (Wildman–Crippen LogP) is 7.08. The fraction of sp³-hybridized carbons (Fsp3) is 0.333. The molecule has 0 bridgehead atoms. The molecular weight excluding hydrogens is 466 g/mol. The third kappa shape index (κ3) is 5.71. The molecule has 1 aliphatic heterocycles. The molecule has 7 nitrogen and oxygen atoms in total. The number of non-ortho nitro benzene ring substituents is 1. The number of fused-ring (bicyclic) bond motifs is 1. The highest BCUT2D eigenvalue weighted by molar-refractivity contribution is 6.07. The fourth-order valence-electron chi connectivity index (χ4n) is 5.14.